The number of anilines is 2. The second kappa shape index (κ2) is 12.3. The summed E-state index contributed by atoms with van der Waals surface area (Å²) < 4.78 is 6.27. The van der Waals surface area contributed by atoms with E-state index in [0.717, 1.165) is 80.5 Å². The number of hydrogen-bond acceptors (Lipinski definition) is 9. The van der Waals surface area contributed by atoms with E-state index in [2.05, 4.69) is 38.4 Å². The Morgan fingerprint density at radius 2 is 1.90 bits per heavy atom. The van der Waals surface area contributed by atoms with Crippen LogP contribution in [-0.2, 0) is 4.79 Å². The Hall–Kier alpha value is -3.96. The minimum absolute atomic E-state index is 0.0448. The van der Waals surface area contributed by atoms with Gasteiger partial charge in [0.15, 0.2) is 11.6 Å². The van der Waals surface area contributed by atoms with Crippen LogP contribution in [0.15, 0.2) is 44.6 Å². The van der Waals surface area contributed by atoms with E-state index >= 15 is 0 Å². The third-order valence-corrected chi connectivity index (χ3v) is 8.18. The molecule has 11 heteroatoms. The third kappa shape index (κ3) is 6.52. The molecule has 1 saturated heterocycles. The number of aromatic nitrogens is 2. The van der Waals surface area contributed by atoms with Crippen LogP contribution in [-0.4, -0.2) is 83.5 Å². The van der Waals surface area contributed by atoms with Gasteiger partial charge in [0.25, 0.3) is 5.56 Å². The predicted octanol–water partition coefficient (Wildman–Crippen LogP) is 2.37. The third-order valence-electron chi connectivity index (χ3n) is 8.18. The summed E-state index contributed by atoms with van der Waals surface area (Å²) in [7, 11) is 2.13. The Morgan fingerprint density at radius 3 is 2.63 bits per heavy atom. The van der Waals surface area contributed by atoms with Crippen molar-refractivity contribution in [3.05, 3.63) is 63.2 Å². The number of benzene rings is 1. The van der Waals surface area contributed by atoms with Crippen molar-refractivity contribution < 1.29 is 9.21 Å². The summed E-state index contributed by atoms with van der Waals surface area (Å²) in [6.45, 7) is 8.93. The van der Waals surface area contributed by atoms with Crippen LogP contribution in [0, 0.1) is 13.8 Å². The van der Waals surface area contributed by atoms with E-state index in [-0.39, 0.29) is 35.1 Å². The van der Waals surface area contributed by atoms with Crippen LogP contribution in [0.2, 0.25) is 0 Å². The molecule has 1 saturated carbocycles. The van der Waals surface area contributed by atoms with Gasteiger partial charge in [-0.3, -0.25) is 19.5 Å². The number of aliphatic imine (C=N–C) groups is 1. The van der Waals surface area contributed by atoms with Gasteiger partial charge >= 0.3 is 0 Å². The molecule has 11 nitrogen and oxygen atoms in total. The molecule has 2 aromatic heterocycles. The van der Waals surface area contributed by atoms with Crippen LogP contribution in [0.3, 0.4) is 0 Å². The van der Waals surface area contributed by atoms with Crippen LogP contribution in [0.25, 0.3) is 11.0 Å². The number of nitrogens with zero attached hydrogens (tertiary/aromatic N) is 4. The number of carbonyl (C=O) groups is 1. The number of furan rings is 1. The number of piperazine rings is 1. The molecule has 1 amide bonds. The molecule has 0 spiro atoms. The number of amides is 1. The summed E-state index contributed by atoms with van der Waals surface area (Å²) in [5.74, 6) is 0.550. The lowest BCUT2D eigenvalue weighted by atomic mass is 9.91. The van der Waals surface area contributed by atoms with Gasteiger partial charge in [0.1, 0.15) is 17.0 Å². The molecule has 3 heterocycles. The van der Waals surface area contributed by atoms with E-state index in [1.54, 1.807) is 6.08 Å². The highest BCUT2D eigenvalue weighted by Crippen LogP contribution is 2.32. The molecule has 2 fully saturated rings. The molecule has 218 valence electrons. The van der Waals surface area contributed by atoms with Gasteiger partial charge in [-0.1, -0.05) is 17.7 Å². The number of nitrogens with one attached hydrogen (secondary N) is 2. The minimum atomic E-state index is -0.529. The molecule has 0 atom stereocenters. The van der Waals surface area contributed by atoms with E-state index in [0.29, 0.717) is 11.5 Å². The number of aromatic amines is 1. The summed E-state index contributed by atoms with van der Waals surface area (Å²) in [5, 5.41) is 10.4. The molecule has 6 N–H and O–H groups in total. The van der Waals surface area contributed by atoms with Gasteiger partial charge in [-0.05, 0) is 58.7 Å². The average Bonchev–Trinajstić information content (AvgIpc) is 3.27. The molecule has 1 aromatic carbocycles. The van der Waals surface area contributed by atoms with E-state index in [1.165, 1.54) is 0 Å². The lowest BCUT2D eigenvalue weighted by Gasteiger charge is -2.31. The van der Waals surface area contributed by atoms with Gasteiger partial charge in [-0.25, -0.2) is 5.10 Å². The number of likely N-dealkylation sites (N-methyl/N-ethyl adjacent to an activating group) is 1. The van der Waals surface area contributed by atoms with Crippen molar-refractivity contribution >= 4 is 34.1 Å². The first kappa shape index (κ1) is 28.6. The standard InChI is InChI=1S/C30H40N8O3/c1-18-6-11-23-22(17-18)19(2)28(41-23)27(25-26(31)30(40)36-35-29(25)32)34-21-9-7-20(8-10-21)33-24(39)5-4-12-38-15-13-37(3)14-16-38/h4-6,11,17,20-21H,7-10,12-16H2,1-3H3,(H,33,39)(H,36,40)(H4,31,32,35)/b5-4+,34-27?. The Morgan fingerprint density at radius 1 is 1.17 bits per heavy atom. The van der Waals surface area contributed by atoms with E-state index < -0.39 is 5.56 Å². The van der Waals surface area contributed by atoms with Crippen molar-refractivity contribution in [1.29, 1.82) is 0 Å². The van der Waals surface area contributed by atoms with Gasteiger partial charge in [0.2, 0.25) is 5.91 Å². The van der Waals surface area contributed by atoms with Crippen molar-refractivity contribution in [1.82, 2.24) is 25.3 Å². The normalized spacial score (nSPS) is 21.1. The molecule has 3 aromatic rings. The molecule has 0 unspecified atom stereocenters. The molecule has 41 heavy (non-hydrogen) atoms. The zero-order valence-corrected chi connectivity index (χ0v) is 24.1. The van der Waals surface area contributed by atoms with Crippen LogP contribution in [0.1, 0.15) is 48.1 Å². The lowest BCUT2D eigenvalue weighted by Crippen LogP contribution is -2.44. The molecule has 2 aliphatic rings. The highest BCUT2D eigenvalue weighted by Gasteiger charge is 2.27. The van der Waals surface area contributed by atoms with Crippen LogP contribution in [0.4, 0.5) is 11.5 Å². The Kier molecular flexibility index (Phi) is 8.55. The zero-order valence-electron chi connectivity index (χ0n) is 24.1. The fourth-order valence-corrected chi connectivity index (χ4v) is 5.65. The fraction of sp³-hybridized carbons (Fsp3) is 0.467. The number of fused-ring (bicyclic) bond motifs is 1. The molecule has 1 aliphatic heterocycles. The van der Waals surface area contributed by atoms with Crippen LogP contribution < -0.4 is 22.3 Å². The van der Waals surface area contributed by atoms with E-state index in [4.69, 9.17) is 20.9 Å². The SMILES string of the molecule is Cc1ccc2oc(C(=NC3CCC(NC(=O)/C=C/CN4CCN(C)CC4)CC3)c3c(N)n[nH]c(=O)c3N)c(C)c2c1. The van der Waals surface area contributed by atoms with Crippen molar-refractivity contribution in [3.8, 4) is 0 Å². The van der Waals surface area contributed by atoms with Crippen molar-refractivity contribution in [2.45, 2.75) is 51.6 Å². The second-order valence-electron chi connectivity index (χ2n) is 11.3. The second-order valence-corrected chi connectivity index (χ2v) is 11.3. The fourth-order valence-electron chi connectivity index (χ4n) is 5.65. The number of H-pyrrole nitrogens is 1. The highest BCUT2D eigenvalue weighted by atomic mass is 16.3. The predicted molar refractivity (Wildman–Crippen MR) is 162 cm³/mol. The van der Waals surface area contributed by atoms with Gasteiger partial charge in [-0.2, -0.15) is 5.10 Å². The number of nitrogens with two attached hydrogens (primary N) is 2. The largest absolute Gasteiger partial charge is 0.454 e. The first-order chi connectivity index (χ1) is 19.7. The van der Waals surface area contributed by atoms with Crippen LogP contribution in [0.5, 0.6) is 0 Å². The summed E-state index contributed by atoms with van der Waals surface area (Å²) in [6, 6.07) is 6.00. The summed E-state index contributed by atoms with van der Waals surface area (Å²) in [4.78, 5) is 34.7. The Balaban J connectivity index is 1.30. The number of aryl methyl sites for hydroxylation is 2. The quantitative estimate of drug-likeness (QED) is 0.253. The maximum Gasteiger partial charge on any atom is 0.288 e. The molecule has 1 aliphatic carbocycles. The van der Waals surface area contributed by atoms with Crippen molar-refractivity contribution in [2.24, 2.45) is 4.99 Å². The summed E-state index contributed by atoms with van der Waals surface area (Å²) >= 11 is 0. The van der Waals surface area contributed by atoms with E-state index in [9.17, 15) is 9.59 Å². The number of rotatable bonds is 7. The first-order valence-corrected chi connectivity index (χ1v) is 14.3. The Bertz CT molecular complexity index is 1520. The maximum absolute atomic E-state index is 12.6. The maximum atomic E-state index is 12.6. The number of nitrogen functional groups attached to an aromatic ring is 2. The van der Waals surface area contributed by atoms with Gasteiger partial charge in [-0.15, -0.1) is 0 Å². The van der Waals surface area contributed by atoms with E-state index in [1.807, 2.05) is 32.1 Å². The molecule has 0 radical (unpaired) electrons. The van der Waals surface area contributed by atoms with Crippen molar-refractivity contribution in [2.75, 3.05) is 51.2 Å². The van der Waals surface area contributed by atoms with Gasteiger partial charge < -0.3 is 26.1 Å². The van der Waals surface area contributed by atoms with Gasteiger partial charge in [0, 0.05) is 55.8 Å². The average molecular weight is 561 g/mol. The lowest BCUT2D eigenvalue weighted by molar-refractivity contribution is -0.117. The first-order valence-electron chi connectivity index (χ1n) is 14.3. The topological polar surface area (TPSA) is 159 Å². The molecule has 0 bridgehead atoms. The monoisotopic (exact) mass is 560 g/mol. The summed E-state index contributed by atoms with van der Waals surface area (Å²) in [5.41, 5.74) is 15.3. The minimum Gasteiger partial charge on any atom is -0.454 e. The van der Waals surface area contributed by atoms with Gasteiger partial charge in [0.05, 0.1) is 11.6 Å². The molecular weight excluding hydrogens is 520 g/mol. The zero-order chi connectivity index (χ0) is 29.1. The highest BCUT2D eigenvalue weighted by molar-refractivity contribution is 6.18. The smallest absolute Gasteiger partial charge is 0.288 e. The molecular formula is C30H40N8O3. The number of carbonyl (C=O) groups excluding carboxylic acids is 1. The van der Waals surface area contributed by atoms with Crippen LogP contribution >= 0.6 is 0 Å². The van der Waals surface area contributed by atoms with Crippen molar-refractivity contribution in [3.63, 3.8) is 0 Å². The molecule has 5 rings (SSSR count). The Labute approximate surface area is 239 Å². The number of hydrogen-bond donors (Lipinski definition) is 4. The summed E-state index contributed by atoms with van der Waals surface area (Å²) in [6.07, 6.45) is 6.69.